The van der Waals surface area contributed by atoms with E-state index in [4.69, 9.17) is 0 Å². The van der Waals surface area contributed by atoms with Crippen LogP contribution in [0.4, 0.5) is 0 Å². The molecule has 224 valence electrons. The van der Waals surface area contributed by atoms with E-state index in [2.05, 4.69) is 45.4 Å². The molecule has 0 radical (unpaired) electrons. The van der Waals surface area contributed by atoms with Crippen LogP contribution in [0.1, 0.15) is 37.2 Å². The quantitative estimate of drug-likeness (QED) is 0.272. The fourth-order valence-electron chi connectivity index (χ4n) is 5.01. The van der Waals surface area contributed by atoms with Crippen molar-refractivity contribution in [2.75, 3.05) is 0 Å². The zero-order valence-electron chi connectivity index (χ0n) is 24.4. The molecule has 8 aromatic rings. The van der Waals surface area contributed by atoms with Gasteiger partial charge in [0, 0.05) is 53.8 Å². The molecule has 0 saturated heterocycles. The Labute approximate surface area is 252 Å². The molecule has 6 heterocycles. The van der Waals surface area contributed by atoms with E-state index >= 15 is 0 Å². The molecular formula is C30H26N12O3. The first kappa shape index (κ1) is 27.6. The van der Waals surface area contributed by atoms with Gasteiger partial charge in [-0.25, -0.2) is 14.6 Å². The third-order valence-corrected chi connectivity index (χ3v) is 7.32. The lowest BCUT2D eigenvalue weighted by Crippen LogP contribution is -2.14. The highest BCUT2D eigenvalue weighted by Crippen LogP contribution is 2.23. The summed E-state index contributed by atoms with van der Waals surface area (Å²) in [6, 6.07) is 14.2. The molecule has 0 spiro atoms. The fraction of sp³-hybridized carbons (Fsp3) is 0.167. The normalized spacial score (nSPS) is 11.4. The summed E-state index contributed by atoms with van der Waals surface area (Å²) in [6.07, 6.45) is 4.77. The molecule has 15 heteroatoms. The molecule has 3 N–H and O–H groups in total. The van der Waals surface area contributed by atoms with Gasteiger partial charge in [0.05, 0.1) is 34.8 Å². The van der Waals surface area contributed by atoms with Crippen molar-refractivity contribution in [2.24, 2.45) is 0 Å². The van der Waals surface area contributed by atoms with Gasteiger partial charge < -0.3 is 0 Å². The van der Waals surface area contributed by atoms with E-state index in [9.17, 15) is 14.4 Å². The molecule has 0 bridgehead atoms. The molecule has 6 aromatic heterocycles. The first-order valence-electron chi connectivity index (χ1n) is 14.2. The summed E-state index contributed by atoms with van der Waals surface area (Å²) in [5.74, 6) is 2.02. The van der Waals surface area contributed by atoms with E-state index in [0.29, 0.717) is 35.2 Å². The average Bonchev–Trinajstić information content (AvgIpc) is 3.84. The van der Waals surface area contributed by atoms with Crippen LogP contribution in [-0.2, 0) is 12.8 Å². The Morgan fingerprint density at radius 2 is 1.31 bits per heavy atom. The van der Waals surface area contributed by atoms with Gasteiger partial charge in [0.15, 0.2) is 0 Å². The predicted octanol–water partition coefficient (Wildman–Crippen LogP) is 3.18. The highest BCUT2D eigenvalue weighted by Gasteiger charge is 2.12. The number of carbonyl (C=O) groups excluding carboxylic acids is 1. The maximum Gasteiger partial charge on any atom is 0.274 e. The fourth-order valence-corrected chi connectivity index (χ4v) is 5.01. The summed E-state index contributed by atoms with van der Waals surface area (Å²) in [4.78, 5) is 53.4. The van der Waals surface area contributed by atoms with Crippen molar-refractivity contribution in [3.63, 3.8) is 0 Å². The lowest BCUT2D eigenvalue weighted by molar-refractivity contribution is 0.0926. The summed E-state index contributed by atoms with van der Waals surface area (Å²) in [6.45, 7) is 5.38. The molecule has 45 heavy (non-hydrogen) atoms. The van der Waals surface area contributed by atoms with Gasteiger partial charge >= 0.3 is 0 Å². The molecule has 0 saturated carbocycles. The predicted molar refractivity (Wildman–Crippen MR) is 166 cm³/mol. The number of fused-ring (bicyclic) bond motifs is 4. The van der Waals surface area contributed by atoms with Gasteiger partial charge in [0.1, 0.15) is 11.6 Å². The van der Waals surface area contributed by atoms with Gasteiger partial charge in [0.2, 0.25) is 5.91 Å². The second kappa shape index (κ2) is 10.8. The maximum absolute atomic E-state index is 12.2. The van der Waals surface area contributed by atoms with Crippen LogP contribution in [0, 0.1) is 0 Å². The van der Waals surface area contributed by atoms with Crippen molar-refractivity contribution >= 4 is 39.3 Å². The van der Waals surface area contributed by atoms with Crippen molar-refractivity contribution in [1.29, 1.82) is 0 Å². The van der Waals surface area contributed by atoms with E-state index in [-0.39, 0.29) is 17.0 Å². The zero-order valence-corrected chi connectivity index (χ0v) is 24.4. The number of aryl methyl sites for hydroxylation is 2. The van der Waals surface area contributed by atoms with Gasteiger partial charge in [0.25, 0.3) is 22.7 Å². The second-order valence-electron chi connectivity index (χ2n) is 10.3. The number of nitrogens with zero attached hydrogens (tertiary/aromatic N) is 9. The minimum Gasteiger partial charge on any atom is -0.278 e. The molecule has 0 atom stereocenters. The summed E-state index contributed by atoms with van der Waals surface area (Å²) < 4.78 is 4.03. The van der Waals surface area contributed by atoms with E-state index in [1.807, 2.05) is 44.2 Å². The Morgan fingerprint density at radius 1 is 0.733 bits per heavy atom. The third kappa shape index (κ3) is 4.95. The van der Waals surface area contributed by atoms with Crippen molar-refractivity contribution < 1.29 is 4.79 Å². The molecule has 0 aliphatic rings. The summed E-state index contributed by atoms with van der Waals surface area (Å²) in [7, 11) is 0. The minimum atomic E-state index is -0.221. The van der Waals surface area contributed by atoms with Gasteiger partial charge in [-0.3, -0.25) is 29.7 Å². The molecule has 0 fully saturated rings. The first-order chi connectivity index (χ1) is 21.8. The smallest absolute Gasteiger partial charge is 0.274 e. The summed E-state index contributed by atoms with van der Waals surface area (Å²) in [5.41, 5.74) is 4.05. The molecule has 0 unspecified atom stereocenters. The zero-order chi connectivity index (χ0) is 31.2. The van der Waals surface area contributed by atoms with Crippen LogP contribution < -0.4 is 11.1 Å². The van der Waals surface area contributed by atoms with E-state index in [0.717, 1.165) is 45.2 Å². The Kier molecular flexibility index (Phi) is 6.61. The molecule has 0 amide bonds. The minimum absolute atomic E-state index is 0.154. The van der Waals surface area contributed by atoms with E-state index in [1.165, 1.54) is 32.8 Å². The number of aromatic nitrogens is 12. The molecule has 0 aliphatic carbocycles. The molecule has 15 nitrogen and oxygen atoms in total. The Morgan fingerprint density at radius 3 is 1.89 bits per heavy atom. The largest absolute Gasteiger partial charge is 0.278 e. The summed E-state index contributed by atoms with van der Waals surface area (Å²) in [5, 5.41) is 18.6. The number of benzene rings is 2. The number of carbonyl (C=O) groups is 1. The number of aromatic amines is 3. The first-order valence-corrected chi connectivity index (χ1v) is 14.2. The number of hydrogen-bond donors (Lipinski definition) is 3. The highest BCUT2D eigenvalue weighted by molar-refractivity contribution is 5.91. The molecule has 2 aromatic carbocycles. The van der Waals surface area contributed by atoms with Crippen molar-refractivity contribution in [3.8, 4) is 22.5 Å². The average molecular weight is 603 g/mol. The number of hydrogen-bond acceptors (Lipinski definition) is 9. The molecule has 0 aliphatic heterocycles. The molecule has 8 rings (SSSR count). The van der Waals surface area contributed by atoms with Crippen LogP contribution >= 0.6 is 0 Å². The number of H-pyrrole nitrogens is 3. The standard InChI is InChI=1S/C16H14N6O2.C14H12N6O/c1-3-14-19-16-18-12(7-15(24)22(16)20-14)10-4-5-13-11(6-10)8-17-21(13)9(2)23;1-2-12-17-14-16-11(6-13(21)20(14)19-12)8-3-4-10-9(5-8)7-15-18-10/h4-8H,3H2,1-2H3,(H,18,19,20);3-7H,2H2,1H3,(H,15,18)(H,16,17,19). The monoisotopic (exact) mass is 602 g/mol. The Bertz CT molecular complexity index is 2510. The van der Waals surface area contributed by atoms with Gasteiger partial charge in [-0.15, -0.1) is 0 Å². The Balaban J connectivity index is 0.000000146. The lowest BCUT2D eigenvalue weighted by atomic mass is 10.1. The number of nitrogens with one attached hydrogen (secondary N) is 3. The van der Waals surface area contributed by atoms with E-state index < -0.39 is 0 Å². The van der Waals surface area contributed by atoms with Gasteiger partial charge in [-0.05, 0) is 24.3 Å². The van der Waals surface area contributed by atoms with Gasteiger partial charge in [-0.1, -0.05) is 26.0 Å². The Hall–Kier alpha value is -6.25. The SMILES string of the molecule is CCc1nc2nc(-c3ccc4[nH]ncc4c3)cc(=O)n2[nH]1.CCc1nc2nc(-c3ccc4c(cnn4C(C)=O)c3)cc(=O)n2[nH]1. The second-order valence-corrected chi connectivity index (χ2v) is 10.3. The summed E-state index contributed by atoms with van der Waals surface area (Å²) >= 11 is 0. The van der Waals surface area contributed by atoms with E-state index in [1.54, 1.807) is 18.5 Å². The van der Waals surface area contributed by atoms with Crippen molar-refractivity contribution in [1.82, 2.24) is 59.1 Å². The maximum atomic E-state index is 12.2. The van der Waals surface area contributed by atoms with Crippen LogP contribution in [-0.4, -0.2) is 65.0 Å². The van der Waals surface area contributed by atoms with Crippen LogP contribution in [0.2, 0.25) is 0 Å². The van der Waals surface area contributed by atoms with Crippen LogP contribution in [0.3, 0.4) is 0 Å². The van der Waals surface area contributed by atoms with Crippen LogP contribution in [0.25, 0.3) is 55.9 Å². The third-order valence-electron chi connectivity index (χ3n) is 7.32. The topological polar surface area (TPSA) is 190 Å². The molecular weight excluding hydrogens is 576 g/mol. The number of rotatable bonds is 4. The van der Waals surface area contributed by atoms with Crippen molar-refractivity contribution in [3.05, 3.63) is 93.3 Å². The lowest BCUT2D eigenvalue weighted by Gasteiger charge is -2.02. The van der Waals surface area contributed by atoms with Crippen molar-refractivity contribution in [2.45, 2.75) is 33.6 Å². The highest BCUT2D eigenvalue weighted by atomic mass is 16.2. The van der Waals surface area contributed by atoms with Crippen LogP contribution in [0.15, 0.2) is 70.5 Å². The van der Waals surface area contributed by atoms with Crippen LogP contribution in [0.5, 0.6) is 0 Å². The van der Waals surface area contributed by atoms with Gasteiger partial charge in [-0.2, -0.15) is 29.2 Å².